The Morgan fingerprint density at radius 1 is 1.46 bits per heavy atom. The lowest BCUT2D eigenvalue weighted by Gasteiger charge is -2.22. The van der Waals surface area contributed by atoms with Gasteiger partial charge in [0.2, 0.25) is 0 Å². The SMILES string of the molecule is CC(=O)OCCOC1CCCCO1. The Balaban J connectivity index is 1.95. The topological polar surface area (TPSA) is 44.8 Å². The lowest BCUT2D eigenvalue weighted by molar-refractivity contribution is -0.173. The minimum Gasteiger partial charge on any atom is -0.463 e. The molecule has 13 heavy (non-hydrogen) atoms. The number of esters is 1. The van der Waals surface area contributed by atoms with E-state index < -0.39 is 0 Å². The summed E-state index contributed by atoms with van der Waals surface area (Å²) in [6.07, 6.45) is 3.12. The van der Waals surface area contributed by atoms with E-state index in [1.54, 1.807) is 0 Å². The van der Waals surface area contributed by atoms with Gasteiger partial charge < -0.3 is 14.2 Å². The zero-order valence-electron chi connectivity index (χ0n) is 7.95. The van der Waals surface area contributed by atoms with Crippen molar-refractivity contribution >= 4 is 5.97 Å². The maximum Gasteiger partial charge on any atom is 0.302 e. The fraction of sp³-hybridized carbons (Fsp3) is 0.889. The average molecular weight is 188 g/mol. The van der Waals surface area contributed by atoms with Crippen LogP contribution >= 0.6 is 0 Å². The summed E-state index contributed by atoms with van der Waals surface area (Å²) in [5.74, 6) is -0.270. The number of ether oxygens (including phenoxy) is 3. The molecule has 0 aromatic carbocycles. The third-order valence-corrected chi connectivity index (χ3v) is 1.83. The second-order valence-corrected chi connectivity index (χ2v) is 3.01. The molecule has 0 radical (unpaired) electrons. The van der Waals surface area contributed by atoms with Crippen LogP contribution in [0.4, 0.5) is 0 Å². The predicted molar refractivity (Wildman–Crippen MR) is 46.2 cm³/mol. The van der Waals surface area contributed by atoms with Gasteiger partial charge in [0.1, 0.15) is 6.61 Å². The second kappa shape index (κ2) is 5.94. The van der Waals surface area contributed by atoms with E-state index in [0.717, 1.165) is 25.9 Å². The Morgan fingerprint density at radius 3 is 2.92 bits per heavy atom. The van der Waals surface area contributed by atoms with Crippen molar-refractivity contribution in [3.63, 3.8) is 0 Å². The largest absolute Gasteiger partial charge is 0.463 e. The summed E-state index contributed by atoms with van der Waals surface area (Å²) >= 11 is 0. The second-order valence-electron chi connectivity index (χ2n) is 3.01. The third kappa shape index (κ3) is 4.85. The van der Waals surface area contributed by atoms with Crippen molar-refractivity contribution in [3.8, 4) is 0 Å². The van der Waals surface area contributed by atoms with Gasteiger partial charge in [0.05, 0.1) is 6.61 Å². The molecule has 1 heterocycles. The predicted octanol–water partition coefficient (Wildman–Crippen LogP) is 1.09. The van der Waals surface area contributed by atoms with E-state index in [-0.39, 0.29) is 12.3 Å². The minimum absolute atomic E-state index is 0.0932. The summed E-state index contributed by atoms with van der Waals surface area (Å²) < 4.78 is 15.4. The quantitative estimate of drug-likeness (QED) is 0.489. The first-order valence-corrected chi connectivity index (χ1v) is 4.65. The molecule has 1 unspecified atom stereocenters. The fourth-order valence-electron chi connectivity index (χ4n) is 1.21. The van der Waals surface area contributed by atoms with E-state index in [2.05, 4.69) is 0 Å². The summed E-state index contributed by atoms with van der Waals surface area (Å²) in [5, 5.41) is 0. The molecule has 1 rings (SSSR count). The smallest absolute Gasteiger partial charge is 0.302 e. The first-order valence-electron chi connectivity index (χ1n) is 4.65. The average Bonchev–Trinajstić information content (AvgIpc) is 2.14. The molecule has 1 aliphatic rings. The van der Waals surface area contributed by atoms with Gasteiger partial charge in [-0.05, 0) is 19.3 Å². The van der Waals surface area contributed by atoms with Crippen LogP contribution in [-0.2, 0) is 19.0 Å². The Bertz CT molecular complexity index is 152. The van der Waals surface area contributed by atoms with Gasteiger partial charge >= 0.3 is 5.97 Å². The summed E-state index contributed by atoms with van der Waals surface area (Å²) in [6, 6.07) is 0. The van der Waals surface area contributed by atoms with Gasteiger partial charge in [0, 0.05) is 13.5 Å². The Morgan fingerprint density at radius 2 is 2.31 bits per heavy atom. The van der Waals surface area contributed by atoms with Crippen molar-refractivity contribution in [1.29, 1.82) is 0 Å². The van der Waals surface area contributed by atoms with Crippen molar-refractivity contribution in [3.05, 3.63) is 0 Å². The number of carbonyl (C=O) groups is 1. The van der Waals surface area contributed by atoms with Crippen molar-refractivity contribution in [2.24, 2.45) is 0 Å². The number of carbonyl (C=O) groups excluding carboxylic acids is 1. The van der Waals surface area contributed by atoms with E-state index in [1.165, 1.54) is 6.92 Å². The van der Waals surface area contributed by atoms with Crippen LogP contribution in [0.1, 0.15) is 26.2 Å². The summed E-state index contributed by atoms with van der Waals surface area (Å²) in [6.45, 7) is 2.90. The molecule has 1 aliphatic heterocycles. The summed E-state index contributed by atoms with van der Waals surface area (Å²) in [4.78, 5) is 10.4. The molecule has 0 spiro atoms. The number of hydrogen-bond acceptors (Lipinski definition) is 4. The van der Waals surface area contributed by atoms with Gasteiger partial charge in [-0.15, -0.1) is 0 Å². The van der Waals surface area contributed by atoms with Crippen LogP contribution in [-0.4, -0.2) is 32.1 Å². The van der Waals surface area contributed by atoms with E-state index in [1.807, 2.05) is 0 Å². The molecule has 0 N–H and O–H groups in total. The normalized spacial score (nSPS) is 22.7. The zero-order valence-corrected chi connectivity index (χ0v) is 7.95. The molecule has 76 valence electrons. The molecule has 0 saturated carbocycles. The Kier molecular flexibility index (Phi) is 4.78. The molecular weight excluding hydrogens is 172 g/mol. The highest BCUT2D eigenvalue weighted by molar-refractivity contribution is 5.65. The van der Waals surface area contributed by atoms with Crippen molar-refractivity contribution in [1.82, 2.24) is 0 Å². The van der Waals surface area contributed by atoms with E-state index in [9.17, 15) is 4.79 Å². The highest BCUT2D eigenvalue weighted by Gasteiger charge is 2.13. The molecule has 1 saturated heterocycles. The van der Waals surface area contributed by atoms with Crippen LogP contribution in [0.3, 0.4) is 0 Å². The first-order chi connectivity index (χ1) is 6.29. The van der Waals surface area contributed by atoms with Crippen molar-refractivity contribution < 1.29 is 19.0 Å². The van der Waals surface area contributed by atoms with Gasteiger partial charge in [-0.2, -0.15) is 0 Å². The summed E-state index contributed by atoms with van der Waals surface area (Å²) in [7, 11) is 0. The van der Waals surface area contributed by atoms with Gasteiger partial charge in [0.15, 0.2) is 6.29 Å². The van der Waals surface area contributed by atoms with Crippen LogP contribution in [0.5, 0.6) is 0 Å². The van der Waals surface area contributed by atoms with E-state index in [4.69, 9.17) is 14.2 Å². The van der Waals surface area contributed by atoms with Gasteiger partial charge in [-0.1, -0.05) is 0 Å². The van der Waals surface area contributed by atoms with Gasteiger partial charge in [-0.25, -0.2) is 0 Å². The van der Waals surface area contributed by atoms with Crippen molar-refractivity contribution in [2.75, 3.05) is 19.8 Å². The molecule has 0 amide bonds. The number of rotatable bonds is 4. The van der Waals surface area contributed by atoms with Crippen LogP contribution in [0, 0.1) is 0 Å². The maximum absolute atomic E-state index is 10.4. The van der Waals surface area contributed by atoms with E-state index >= 15 is 0 Å². The summed E-state index contributed by atoms with van der Waals surface area (Å²) in [5.41, 5.74) is 0. The molecule has 0 aliphatic carbocycles. The van der Waals surface area contributed by atoms with Crippen LogP contribution in [0.25, 0.3) is 0 Å². The van der Waals surface area contributed by atoms with Crippen LogP contribution in [0.15, 0.2) is 0 Å². The standard InChI is InChI=1S/C9H16O4/c1-8(10)11-6-7-13-9-4-2-3-5-12-9/h9H,2-7H2,1H3. The van der Waals surface area contributed by atoms with Crippen LogP contribution < -0.4 is 0 Å². The molecule has 4 heteroatoms. The first kappa shape index (κ1) is 10.5. The Labute approximate surface area is 78.2 Å². The van der Waals surface area contributed by atoms with Crippen molar-refractivity contribution in [2.45, 2.75) is 32.5 Å². The van der Waals surface area contributed by atoms with Crippen LogP contribution in [0.2, 0.25) is 0 Å². The third-order valence-electron chi connectivity index (χ3n) is 1.83. The molecule has 1 fully saturated rings. The van der Waals surface area contributed by atoms with E-state index in [0.29, 0.717) is 13.2 Å². The maximum atomic E-state index is 10.4. The minimum atomic E-state index is -0.270. The highest BCUT2D eigenvalue weighted by atomic mass is 16.7. The zero-order chi connectivity index (χ0) is 9.52. The molecule has 4 nitrogen and oxygen atoms in total. The molecule has 0 aromatic heterocycles. The lowest BCUT2D eigenvalue weighted by Crippen LogP contribution is -2.24. The van der Waals surface area contributed by atoms with Gasteiger partial charge in [0.25, 0.3) is 0 Å². The molecule has 0 bridgehead atoms. The highest BCUT2D eigenvalue weighted by Crippen LogP contribution is 2.13. The lowest BCUT2D eigenvalue weighted by atomic mass is 10.2. The molecule has 1 atom stereocenters. The number of hydrogen-bond donors (Lipinski definition) is 0. The molecular formula is C9H16O4. The molecule has 0 aromatic rings. The fourth-order valence-corrected chi connectivity index (χ4v) is 1.21. The monoisotopic (exact) mass is 188 g/mol. The van der Waals surface area contributed by atoms with Gasteiger partial charge in [-0.3, -0.25) is 4.79 Å². The Hall–Kier alpha value is -0.610.